The topological polar surface area (TPSA) is 122 Å². The van der Waals surface area contributed by atoms with Crippen molar-refractivity contribution >= 4 is 11.8 Å². The number of carbonyl (C=O) groups is 2. The number of aromatic nitrogens is 2. The number of ether oxygens (including phenoxy) is 1. The van der Waals surface area contributed by atoms with Gasteiger partial charge >= 0.3 is 5.69 Å². The van der Waals surface area contributed by atoms with Gasteiger partial charge in [0.1, 0.15) is 13.2 Å². The van der Waals surface area contributed by atoms with E-state index in [9.17, 15) is 19.2 Å². The first-order chi connectivity index (χ1) is 22.9. The van der Waals surface area contributed by atoms with E-state index in [1.165, 1.54) is 11.1 Å². The van der Waals surface area contributed by atoms with Crippen LogP contribution in [0.25, 0.3) is 0 Å². The summed E-state index contributed by atoms with van der Waals surface area (Å²) in [6.07, 6.45) is 6.93. The first-order valence-corrected chi connectivity index (χ1v) is 16.7. The largest absolute Gasteiger partial charge is 0.481 e. The molecular weight excluding hydrogens is 592 g/mol. The highest BCUT2D eigenvalue weighted by atomic mass is 16.5. The average molecular weight is 635 g/mol. The van der Waals surface area contributed by atoms with E-state index < -0.39 is 29.6 Å². The Labute approximate surface area is 274 Å². The lowest BCUT2D eigenvalue weighted by Crippen LogP contribution is -2.46. The molecule has 1 aromatic heterocycles. The summed E-state index contributed by atoms with van der Waals surface area (Å²) in [7, 11) is 0. The highest BCUT2D eigenvalue weighted by molar-refractivity contribution is 5.95. The Morgan fingerprint density at radius 2 is 1.17 bits per heavy atom. The summed E-state index contributed by atoms with van der Waals surface area (Å²) in [5, 5.41) is 6.02. The summed E-state index contributed by atoms with van der Waals surface area (Å²) in [5.74, 6) is -0.390. The van der Waals surface area contributed by atoms with Crippen LogP contribution in [0.5, 0.6) is 5.75 Å². The van der Waals surface area contributed by atoms with Gasteiger partial charge in [-0.3, -0.25) is 19.4 Å². The molecule has 0 spiro atoms. The maximum atomic E-state index is 13.7. The lowest BCUT2D eigenvalue weighted by atomic mass is 9.82. The van der Waals surface area contributed by atoms with Crippen molar-refractivity contribution in [1.29, 1.82) is 0 Å². The first-order valence-electron chi connectivity index (χ1n) is 16.7. The van der Waals surface area contributed by atoms with Crippen molar-refractivity contribution in [2.75, 3.05) is 0 Å². The Bertz CT molecular complexity index is 1760. The molecule has 1 heterocycles. The van der Waals surface area contributed by atoms with Gasteiger partial charge in [0.05, 0.1) is 0 Å². The molecule has 2 aliphatic rings. The van der Waals surface area contributed by atoms with Crippen LogP contribution in [-0.2, 0) is 17.9 Å². The Morgan fingerprint density at radius 1 is 0.681 bits per heavy atom. The van der Waals surface area contributed by atoms with Gasteiger partial charge in [-0.05, 0) is 79.9 Å². The molecule has 4 aromatic rings. The molecule has 9 nitrogen and oxygen atoms in total. The Hall–Kier alpha value is -4.92. The van der Waals surface area contributed by atoms with Crippen LogP contribution in [0.3, 0.4) is 0 Å². The molecule has 0 atom stereocenters. The molecule has 2 aliphatic carbocycles. The summed E-state index contributed by atoms with van der Waals surface area (Å²) in [4.78, 5) is 56.1. The Morgan fingerprint density at radius 3 is 1.70 bits per heavy atom. The monoisotopic (exact) mass is 634 g/mol. The van der Waals surface area contributed by atoms with Crippen LogP contribution in [0, 0.1) is 0 Å². The minimum atomic E-state index is -0.831. The molecule has 3 aromatic carbocycles. The number of hydrogen-bond acceptors (Lipinski definition) is 5. The number of hydrogen-bond donors (Lipinski definition) is 3. The van der Waals surface area contributed by atoms with Crippen molar-refractivity contribution in [3.05, 3.63) is 134 Å². The van der Waals surface area contributed by atoms with E-state index in [2.05, 4.69) is 39.9 Å². The van der Waals surface area contributed by atoms with Crippen molar-refractivity contribution in [1.82, 2.24) is 20.2 Å². The molecule has 244 valence electrons. The quantitative estimate of drug-likeness (QED) is 0.215. The van der Waals surface area contributed by atoms with E-state index in [1.54, 1.807) is 0 Å². The highest BCUT2D eigenvalue weighted by Crippen LogP contribution is 2.34. The number of nitrogens with one attached hydrogen (secondary N) is 3. The zero-order chi connectivity index (χ0) is 32.6. The molecule has 9 heteroatoms. The third-order valence-electron chi connectivity index (χ3n) is 9.59. The van der Waals surface area contributed by atoms with Crippen LogP contribution in [0.1, 0.15) is 90.4 Å². The minimum Gasteiger partial charge on any atom is -0.481 e. The van der Waals surface area contributed by atoms with Gasteiger partial charge in [-0.25, -0.2) is 9.36 Å². The summed E-state index contributed by atoms with van der Waals surface area (Å²) in [6.45, 7) is -0.457. The fraction of sp³-hybridized carbons (Fsp3) is 0.368. The van der Waals surface area contributed by atoms with Gasteiger partial charge in [-0.2, -0.15) is 0 Å². The number of nitrogens with zero attached hydrogens (tertiary/aromatic N) is 1. The van der Waals surface area contributed by atoms with Crippen LogP contribution >= 0.6 is 0 Å². The molecule has 0 radical (unpaired) electrons. The standard InChI is InChI=1S/C38H42N4O5/c43-33(39-31-20-16-29(17-21-31)27-12-6-2-7-13-27)24-42-37(45)35(47-25-26-10-4-1-5-11-26)34(41-38(42)46)36(44)40-32-22-18-30(19-23-32)28-14-8-3-9-15-28/h1-15,29-32H,16-25H2,(H,39,43)(H,40,44)(H,41,46)/t29-,30-,31+,32+. The van der Waals surface area contributed by atoms with E-state index in [-0.39, 0.29) is 30.1 Å². The molecule has 0 aliphatic heterocycles. The van der Waals surface area contributed by atoms with Gasteiger partial charge in [-0.1, -0.05) is 91.0 Å². The zero-order valence-electron chi connectivity index (χ0n) is 26.5. The SMILES string of the molecule is O=C(Cn1c(=O)[nH]c(C(=O)N[C@H]2CC[C@@H](c3ccccc3)CC2)c(OCc2ccccc2)c1=O)N[C@H]1CC[C@@H](c2ccccc2)CC1. The molecular formula is C38H42N4O5. The second kappa shape index (κ2) is 15.1. The molecule has 2 fully saturated rings. The lowest BCUT2D eigenvalue weighted by Gasteiger charge is -2.29. The van der Waals surface area contributed by atoms with Gasteiger partial charge in [0.15, 0.2) is 5.69 Å². The summed E-state index contributed by atoms with van der Waals surface area (Å²) >= 11 is 0. The van der Waals surface area contributed by atoms with Gasteiger partial charge in [0, 0.05) is 12.1 Å². The van der Waals surface area contributed by atoms with Crippen LogP contribution < -0.4 is 26.6 Å². The number of aromatic amines is 1. The maximum Gasteiger partial charge on any atom is 0.329 e. The van der Waals surface area contributed by atoms with Crippen LogP contribution in [0.2, 0.25) is 0 Å². The second-order valence-electron chi connectivity index (χ2n) is 12.8. The molecule has 3 N–H and O–H groups in total. The van der Waals surface area contributed by atoms with Gasteiger partial charge < -0.3 is 15.4 Å². The smallest absolute Gasteiger partial charge is 0.329 e. The molecule has 47 heavy (non-hydrogen) atoms. The van der Waals surface area contributed by atoms with E-state index in [4.69, 9.17) is 4.74 Å². The molecule has 2 saturated carbocycles. The zero-order valence-corrected chi connectivity index (χ0v) is 26.5. The molecule has 0 saturated heterocycles. The summed E-state index contributed by atoms with van der Waals surface area (Å²) < 4.78 is 6.74. The van der Waals surface area contributed by atoms with Gasteiger partial charge in [0.25, 0.3) is 11.5 Å². The van der Waals surface area contributed by atoms with Crippen molar-refractivity contribution in [3.8, 4) is 5.75 Å². The minimum absolute atomic E-state index is 0.0153. The van der Waals surface area contributed by atoms with E-state index >= 15 is 0 Å². The van der Waals surface area contributed by atoms with E-state index in [0.717, 1.165) is 61.5 Å². The van der Waals surface area contributed by atoms with E-state index in [0.29, 0.717) is 11.8 Å². The summed E-state index contributed by atoms with van der Waals surface area (Å²) in [5.41, 5.74) is 1.53. The molecule has 0 unspecified atom stereocenters. The summed E-state index contributed by atoms with van der Waals surface area (Å²) in [6, 6.07) is 29.9. The van der Waals surface area contributed by atoms with Crippen LogP contribution in [-0.4, -0.2) is 33.4 Å². The molecule has 2 amide bonds. The number of benzene rings is 3. The number of amides is 2. The third kappa shape index (κ3) is 8.09. The molecule has 0 bridgehead atoms. The Balaban J connectivity index is 1.14. The van der Waals surface area contributed by atoms with E-state index in [1.807, 2.05) is 66.7 Å². The lowest BCUT2D eigenvalue weighted by molar-refractivity contribution is -0.122. The maximum absolute atomic E-state index is 13.7. The average Bonchev–Trinajstić information content (AvgIpc) is 3.11. The fourth-order valence-corrected chi connectivity index (χ4v) is 6.99. The van der Waals surface area contributed by atoms with Gasteiger partial charge in [0.2, 0.25) is 11.7 Å². The fourth-order valence-electron chi connectivity index (χ4n) is 6.99. The predicted octanol–water partition coefficient (Wildman–Crippen LogP) is 5.41. The number of H-pyrrole nitrogens is 1. The molecule has 6 rings (SSSR count). The Kier molecular flexibility index (Phi) is 10.3. The number of carbonyl (C=O) groups excluding carboxylic acids is 2. The van der Waals surface area contributed by atoms with Crippen molar-refractivity contribution < 1.29 is 14.3 Å². The van der Waals surface area contributed by atoms with Crippen molar-refractivity contribution in [2.45, 2.75) is 88.4 Å². The van der Waals surface area contributed by atoms with Crippen LogP contribution in [0.15, 0.2) is 101 Å². The first kappa shape index (κ1) is 32.0. The second-order valence-corrected chi connectivity index (χ2v) is 12.8. The van der Waals surface area contributed by atoms with Crippen molar-refractivity contribution in [3.63, 3.8) is 0 Å². The van der Waals surface area contributed by atoms with Crippen LogP contribution in [0.4, 0.5) is 0 Å². The normalized spacial score (nSPS) is 21.0. The predicted molar refractivity (Wildman–Crippen MR) is 181 cm³/mol. The highest BCUT2D eigenvalue weighted by Gasteiger charge is 2.28. The van der Waals surface area contributed by atoms with Crippen molar-refractivity contribution in [2.24, 2.45) is 0 Å². The number of rotatable bonds is 10. The van der Waals surface area contributed by atoms with Gasteiger partial charge in [-0.15, -0.1) is 0 Å². The third-order valence-corrected chi connectivity index (χ3v) is 9.59.